The number of carbonyl (C=O) groups is 1. The summed E-state index contributed by atoms with van der Waals surface area (Å²) < 4.78 is 0. The van der Waals surface area contributed by atoms with E-state index in [1.807, 2.05) is 20.8 Å². The van der Waals surface area contributed by atoms with Crippen LogP contribution in [-0.2, 0) is 4.79 Å². The first-order valence-corrected chi connectivity index (χ1v) is 4.50. The van der Waals surface area contributed by atoms with Crippen LogP contribution in [-0.4, -0.2) is 17.5 Å². The fraction of sp³-hybridized carbons (Fsp3) is 0.889. The highest BCUT2D eigenvalue weighted by atomic mass is 16.2. The van der Waals surface area contributed by atoms with E-state index in [0.717, 1.165) is 12.8 Å². The van der Waals surface area contributed by atoms with Crippen molar-refractivity contribution < 1.29 is 4.79 Å². The summed E-state index contributed by atoms with van der Waals surface area (Å²) in [5.41, 5.74) is 5.10. The van der Waals surface area contributed by atoms with Gasteiger partial charge in [-0.1, -0.05) is 13.3 Å². The molecule has 72 valence electrons. The molecule has 3 nitrogen and oxygen atoms in total. The Kier molecular flexibility index (Phi) is 4.24. The van der Waals surface area contributed by atoms with E-state index in [1.165, 1.54) is 0 Å². The lowest BCUT2D eigenvalue weighted by Crippen LogP contribution is -2.53. The molecule has 0 bridgehead atoms. The Balaban J connectivity index is 4.06. The molecule has 0 aliphatic rings. The molecule has 0 saturated heterocycles. The average Bonchev–Trinajstić information content (AvgIpc) is 1.85. The smallest absolute Gasteiger partial charge is 0.239 e. The zero-order valence-electron chi connectivity index (χ0n) is 8.48. The van der Waals surface area contributed by atoms with Crippen LogP contribution < -0.4 is 11.1 Å². The van der Waals surface area contributed by atoms with Crippen LogP contribution in [0.5, 0.6) is 0 Å². The van der Waals surface area contributed by atoms with E-state index in [-0.39, 0.29) is 11.9 Å². The van der Waals surface area contributed by atoms with E-state index in [2.05, 4.69) is 5.32 Å². The minimum Gasteiger partial charge on any atom is -0.352 e. The molecule has 0 radical (unpaired) electrons. The normalized spacial score (nSPS) is 15.8. The number of amides is 1. The zero-order chi connectivity index (χ0) is 9.78. The van der Waals surface area contributed by atoms with Crippen molar-refractivity contribution >= 4 is 5.91 Å². The second-order valence-corrected chi connectivity index (χ2v) is 3.80. The summed E-state index contributed by atoms with van der Waals surface area (Å²) in [5, 5.41) is 2.80. The lowest BCUT2D eigenvalue weighted by molar-refractivity contribution is -0.126. The highest BCUT2D eigenvalue weighted by Crippen LogP contribution is 2.08. The summed E-state index contributed by atoms with van der Waals surface area (Å²) in [6.45, 7) is 7.65. The van der Waals surface area contributed by atoms with Crippen molar-refractivity contribution in [3.8, 4) is 0 Å². The summed E-state index contributed by atoms with van der Waals surface area (Å²) in [6.07, 6.45) is 1.66. The van der Waals surface area contributed by atoms with Crippen LogP contribution in [0.3, 0.4) is 0 Å². The molecule has 1 amide bonds. The quantitative estimate of drug-likeness (QED) is 0.665. The predicted molar refractivity (Wildman–Crippen MR) is 50.8 cm³/mol. The molecule has 0 aliphatic carbocycles. The average molecular weight is 172 g/mol. The Bertz CT molecular complexity index is 153. The number of carbonyl (C=O) groups excluding carboxylic acids is 1. The molecule has 3 N–H and O–H groups in total. The second-order valence-electron chi connectivity index (χ2n) is 3.80. The van der Waals surface area contributed by atoms with Gasteiger partial charge < -0.3 is 11.1 Å². The lowest BCUT2D eigenvalue weighted by atomic mass is 9.96. The van der Waals surface area contributed by atoms with Gasteiger partial charge in [0.1, 0.15) is 0 Å². The highest BCUT2D eigenvalue weighted by Gasteiger charge is 2.26. The summed E-state index contributed by atoms with van der Waals surface area (Å²) in [5.74, 6) is -0.0562. The second kappa shape index (κ2) is 4.45. The van der Waals surface area contributed by atoms with Crippen LogP contribution in [0.15, 0.2) is 0 Å². The molecule has 0 rings (SSSR count). The maximum absolute atomic E-state index is 11.4. The molecule has 0 aromatic carbocycles. The topological polar surface area (TPSA) is 55.1 Å². The molecule has 0 aliphatic heterocycles. The van der Waals surface area contributed by atoms with Gasteiger partial charge in [-0.05, 0) is 27.2 Å². The van der Waals surface area contributed by atoms with E-state index < -0.39 is 5.54 Å². The van der Waals surface area contributed by atoms with E-state index >= 15 is 0 Å². The van der Waals surface area contributed by atoms with Crippen LogP contribution >= 0.6 is 0 Å². The zero-order valence-corrected chi connectivity index (χ0v) is 8.48. The minimum absolute atomic E-state index is 0.0562. The van der Waals surface area contributed by atoms with Crippen molar-refractivity contribution in [2.45, 2.75) is 52.1 Å². The minimum atomic E-state index is -0.709. The van der Waals surface area contributed by atoms with Gasteiger partial charge in [0.15, 0.2) is 0 Å². The first kappa shape index (κ1) is 11.4. The Labute approximate surface area is 74.7 Å². The van der Waals surface area contributed by atoms with Gasteiger partial charge in [-0.2, -0.15) is 0 Å². The number of hydrogen-bond acceptors (Lipinski definition) is 2. The number of nitrogens with two attached hydrogens (primary N) is 1. The van der Waals surface area contributed by atoms with E-state index in [4.69, 9.17) is 5.73 Å². The summed E-state index contributed by atoms with van der Waals surface area (Å²) in [4.78, 5) is 11.4. The van der Waals surface area contributed by atoms with Crippen LogP contribution in [0.25, 0.3) is 0 Å². The van der Waals surface area contributed by atoms with Crippen molar-refractivity contribution in [1.82, 2.24) is 5.32 Å². The lowest BCUT2D eigenvalue weighted by Gasteiger charge is -2.24. The fourth-order valence-electron chi connectivity index (χ4n) is 1.06. The Morgan fingerprint density at radius 1 is 1.58 bits per heavy atom. The van der Waals surface area contributed by atoms with E-state index in [0.29, 0.717) is 0 Å². The van der Waals surface area contributed by atoms with Gasteiger partial charge >= 0.3 is 0 Å². The van der Waals surface area contributed by atoms with Gasteiger partial charge in [0.25, 0.3) is 0 Å². The van der Waals surface area contributed by atoms with Crippen LogP contribution in [0.2, 0.25) is 0 Å². The third-order valence-corrected chi connectivity index (χ3v) is 1.71. The Morgan fingerprint density at radius 2 is 2.08 bits per heavy atom. The maximum atomic E-state index is 11.4. The predicted octanol–water partition coefficient (Wildman–Crippen LogP) is 1.03. The van der Waals surface area contributed by atoms with Crippen molar-refractivity contribution in [3.05, 3.63) is 0 Å². The summed E-state index contributed by atoms with van der Waals surface area (Å²) >= 11 is 0. The van der Waals surface area contributed by atoms with Gasteiger partial charge in [-0.15, -0.1) is 0 Å². The van der Waals surface area contributed by atoms with Crippen molar-refractivity contribution in [2.75, 3.05) is 0 Å². The van der Waals surface area contributed by atoms with E-state index in [9.17, 15) is 4.79 Å². The van der Waals surface area contributed by atoms with Crippen LogP contribution in [0, 0.1) is 0 Å². The van der Waals surface area contributed by atoms with E-state index in [1.54, 1.807) is 6.92 Å². The first-order chi connectivity index (χ1) is 5.40. The molecule has 0 aromatic rings. The Hall–Kier alpha value is -0.570. The van der Waals surface area contributed by atoms with Gasteiger partial charge in [0, 0.05) is 6.04 Å². The van der Waals surface area contributed by atoms with Crippen molar-refractivity contribution in [3.63, 3.8) is 0 Å². The molecular weight excluding hydrogens is 152 g/mol. The van der Waals surface area contributed by atoms with Gasteiger partial charge in [0.05, 0.1) is 5.54 Å². The molecule has 3 heteroatoms. The van der Waals surface area contributed by atoms with Crippen molar-refractivity contribution in [1.29, 1.82) is 0 Å². The molecule has 0 saturated carbocycles. The largest absolute Gasteiger partial charge is 0.352 e. The first-order valence-electron chi connectivity index (χ1n) is 4.50. The fourth-order valence-corrected chi connectivity index (χ4v) is 1.06. The molecule has 0 aromatic heterocycles. The number of hydrogen-bond donors (Lipinski definition) is 2. The van der Waals surface area contributed by atoms with Gasteiger partial charge in [-0.25, -0.2) is 0 Å². The SMILES string of the molecule is CCCC(C)(N)C(=O)NC(C)C. The summed E-state index contributed by atoms with van der Waals surface area (Å²) in [6, 6.07) is 0.164. The highest BCUT2D eigenvalue weighted by molar-refractivity contribution is 5.85. The molecule has 1 unspecified atom stereocenters. The molecule has 1 atom stereocenters. The maximum Gasteiger partial charge on any atom is 0.239 e. The molecular formula is C9H20N2O. The Morgan fingerprint density at radius 3 is 2.42 bits per heavy atom. The van der Waals surface area contributed by atoms with Crippen LogP contribution in [0.4, 0.5) is 0 Å². The molecule has 12 heavy (non-hydrogen) atoms. The number of rotatable bonds is 4. The molecule has 0 spiro atoms. The monoisotopic (exact) mass is 172 g/mol. The third-order valence-electron chi connectivity index (χ3n) is 1.71. The van der Waals surface area contributed by atoms with Crippen molar-refractivity contribution in [2.24, 2.45) is 5.73 Å². The van der Waals surface area contributed by atoms with Crippen LogP contribution in [0.1, 0.15) is 40.5 Å². The summed E-state index contributed by atoms with van der Waals surface area (Å²) in [7, 11) is 0. The van der Waals surface area contributed by atoms with Gasteiger partial charge in [0.2, 0.25) is 5.91 Å². The molecule has 0 fully saturated rings. The number of nitrogens with one attached hydrogen (secondary N) is 1. The standard InChI is InChI=1S/C9H20N2O/c1-5-6-9(4,10)8(12)11-7(2)3/h7H,5-6,10H2,1-4H3,(H,11,12). The molecule has 0 heterocycles. The van der Waals surface area contributed by atoms with Gasteiger partial charge in [-0.3, -0.25) is 4.79 Å². The third kappa shape index (κ3) is 3.72.